The molecule has 1 amide bonds. The minimum atomic E-state index is -0.138. The van der Waals surface area contributed by atoms with E-state index in [4.69, 9.17) is 4.74 Å². The number of nitrogens with one attached hydrogen (secondary N) is 1. The summed E-state index contributed by atoms with van der Waals surface area (Å²) < 4.78 is 7.14. The van der Waals surface area contributed by atoms with E-state index in [2.05, 4.69) is 10.4 Å². The lowest BCUT2D eigenvalue weighted by atomic mass is 10.2. The van der Waals surface area contributed by atoms with Crippen LogP contribution in [-0.4, -0.2) is 28.8 Å². The van der Waals surface area contributed by atoms with Crippen molar-refractivity contribution < 1.29 is 9.53 Å². The molecule has 5 nitrogen and oxygen atoms in total. The summed E-state index contributed by atoms with van der Waals surface area (Å²) in [5, 5.41) is 6.73. The summed E-state index contributed by atoms with van der Waals surface area (Å²) >= 11 is 0. The number of ether oxygens (including phenoxy) is 1. The maximum Gasteiger partial charge on any atom is 0.254 e. The standard InChI is InChI=1S/C14H17N3O2/c1-11-4-3-5-13(8-11)19-7-6-15-14(18)12-9-16-17(2)10-12/h3-5,8-10H,6-7H2,1-2H3,(H,15,18). The Kier molecular flexibility index (Phi) is 4.18. The van der Waals surface area contributed by atoms with Gasteiger partial charge in [-0.3, -0.25) is 9.48 Å². The SMILES string of the molecule is Cc1cccc(OCCNC(=O)c2cnn(C)c2)c1. The maximum absolute atomic E-state index is 11.7. The van der Waals surface area contributed by atoms with Crippen LogP contribution in [0.5, 0.6) is 5.75 Å². The van der Waals surface area contributed by atoms with E-state index in [0.29, 0.717) is 18.7 Å². The second-order valence-corrected chi connectivity index (χ2v) is 4.32. The zero-order chi connectivity index (χ0) is 13.7. The van der Waals surface area contributed by atoms with Gasteiger partial charge in [0.25, 0.3) is 5.91 Å². The molecule has 0 aliphatic carbocycles. The Bertz CT molecular complexity index is 563. The molecule has 2 aromatic rings. The fourth-order valence-electron chi connectivity index (χ4n) is 1.68. The molecule has 0 bridgehead atoms. The zero-order valence-electron chi connectivity index (χ0n) is 11.1. The predicted molar refractivity (Wildman–Crippen MR) is 72.2 cm³/mol. The van der Waals surface area contributed by atoms with Crippen LogP contribution in [0.3, 0.4) is 0 Å². The highest BCUT2D eigenvalue weighted by atomic mass is 16.5. The minimum Gasteiger partial charge on any atom is -0.492 e. The van der Waals surface area contributed by atoms with Crippen molar-refractivity contribution in [2.75, 3.05) is 13.2 Å². The van der Waals surface area contributed by atoms with Gasteiger partial charge in [0.2, 0.25) is 0 Å². The van der Waals surface area contributed by atoms with Crippen molar-refractivity contribution in [3.63, 3.8) is 0 Å². The summed E-state index contributed by atoms with van der Waals surface area (Å²) in [6.07, 6.45) is 3.22. The summed E-state index contributed by atoms with van der Waals surface area (Å²) in [6, 6.07) is 7.81. The number of nitrogens with zero attached hydrogens (tertiary/aromatic N) is 2. The molecule has 0 radical (unpaired) electrons. The lowest BCUT2D eigenvalue weighted by Crippen LogP contribution is -2.27. The molecule has 0 fully saturated rings. The van der Waals surface area contributed by atoms with E-state index in [9.17, 15) is 4.79 Å². The van der Waals surface area contributed by atoms with Gasteiger partial charge in [0.1, 0.15) is 12.4 Å². The van der Waals surface area contributed by atoms with Crippen LogP contribution < -0.4 is 10.1 Å². The van der Waals surface area contributed by atoms with Crippen molar-refractivity contribution in [3.8, 4) is 5.75 Å². The first-order valence-electron chi connectivity index (χ1n) is 6.11. The van der Waals surface area contributed by atoms with Crippen LogP contribution in [0.2, 0.25) is 0 Å². The van der Waals surface area contributed by atoms with E-state index < -0.39 is 0 Å². The molecule has 0 spiro atoms. The smallest absolute Gasteiger partial charge is 0.254 e. The highest BCUT2D eigenvalue weighted by Gasteiger charge is 2.06. The summed E-state index contributed by atoms with van der Waals surface area (Å²) in [5.74, 6) is 0.677. The average Bonchev–Trinajstić information content (AvgIpc) is 2.81. The highest BCUT2D eigenvalue weighted by molar-refractivity contribution is 5.93. The van der Waals surface area contributed by atoms with E-state index in [0.717, 1.165) is 11.3 Å². The lowest BCUT2D eigenvalue weighted by molar-refractivity contribution is 0.0947. The zero-order valence-corrected chi connectivity index (χ0v) is 11.1. The van der Waals surface area contributed by atoms with Crippen molar-refractivity contribution >= 4 is 5.91 Å². The van der Waals surface area contributed by atoms with Crippen molar-refractivity contribution in [1.82, 2.24) is 15.1 Å². The second kappa shape index (κ2) is 6.04. The molecule has 5 heteroatoms. The highest BCUT2D eigenvalue weighted by Crippen LogP contribution is 2.11. The van der Waals surface area contributed by atoms with E-state index >= 15 is 0 Å². The van der Waals surface area contributed by atoms with Gasteiger partial charge in [-0.25, -0.2) is 0 Å². The third-order valence-electron chi connectivity index (χ3n) is 2.61. The second-order valence-electron chi connectivity index (χ2n) is 4.32. The number of amides is 1. The Morgan fingerprint density at radius 1 is 1.47 bits per heavy atom. The number of hydrogen-bond acceptors (Lipinski definition) is 3. The molecule has 1 aromatic carbocycles. The van der Waals surface area contributed by atoms with Crippen molar-refractivity contribution in [2.45, 2.75) is 6.92 Å². The van der Waals surface area contributed by atoms with E-state index in [-0.39, 0.29) is 5.91 Å². The van der Waals surface area contributed by atoms with Crippen molar-refractivity contribution in [2.24, 2.45) is 7.05 Å². The predicted octanol–water partition coefficient (Wildman–Crippen LogP) is 1.54. The van der Waals surface area contributed by atoms with Crippen LogP contribution >= 0.6 is 0 Å². The Labute approximate surface area is 112 Å². The molecular weight excluding hydrogens is 242 g/mol. The summed E-state index contributed by atoms with van der Waals surface area (Å²) in [4.78, 5) is 11.7. The molecule has 0 aliphatic rings. The average molecular weight is 259 g/mol. The Morgan fingerprint density at radius 2 is 2.32 bits per heavy atom. The molecule has 0 unspecified atom stereocenters. The van der Waals surface area contributed by atoms with Gasteiger partial charge in [-0.1, -0.05) is 12.1 Å². The number of carbonyl (C=O) groups is 1. The Morgan fingerprint density at radius 3 is 3.00 bits per heavy atom. The van der Waals surface area contributed by atoms with Gasteiger partial charge in [-0.2, -0.15) is 5.10 Å². The van der Waals surface area contributed by atoms with Gasteiger partial charge in [0.05, 0.1) is 18.3 Å². The fraction of sp³-hybridized carbons (Fsp3) is 0.286. The molecule has 0 saturated carbocycles. The van der Waals surface area contributed by atoms with Gasteiger partial charge in [0.15, 0.2) is 0 Å². The van der Waals surface area contributed by atoms with Gasteiger partial charge in [-0.15, -0.1) is 0 Å². The third-order valence-corrected chi connectivity index (χ3v) is 2.61. The monoisotopic (exact) mass is 259 g/mol. The van der Waals surface area contributed by atoms with Crippen molar-refractivity contribution in [3.05, 3.63) is 47.8 Å². The Balaban J connectivity index is 1.74. The number of aromatic nitrogens is 2. The van der Waals surface area contributed by atoms with E-state index in [1.54, 1.807) is 17.9 Å². The van der Waals surface area contributed by atoms with Crippen molar-refractivity contribution in [1.29, 1.82) is 0 Å². The summed E-state index contributed by atoms with van der Waals surface area (Å²) in [5.41, 5.74) is 1.70. The van der Waals surface area contributed by atoms with Crippen LogP contribution in [0.4, 0.5) is 0 Å². The Hall–Kier alpha value is -2.30. The van der Waals surface area contributed by atoms with E-state index in [1.807, 2.05) is 31.2 Å². The third kappa shape index (κ3) is 3.84. The van der Waals surface area contributed by atoms with Crippen LogP contribution in [0.1, 0.15) is 15.9 Å². The molecule has 0 aliphatic heterocycles. The minimum absolute atomic E-state index is 0.138. The fourth-order valence-corrected chi connectivity index (χ4v) is 1.68. The first-order valence-corrected chi connectivity index (χ1v) is 6.11. The normalized spacial score (nSPS) is 10.2. The number of hydrogen-bond donors (Lipinski definition) is 1. The first kappa shape index (κ1) is 13.1. The molecular formula is C14H17N3O2. The molecule has 100 valence electrons. The maximum atomic E-state index is 11.7. The molecule has 2 rings (SSSR count). The van der Waals surface area contributed by atoms with Crippen LogP contribution in [0, 0.1) is 6.92 Å². The largest absolute Gasteiger partial charge is 0.492 e. The molecule has 1 heterocycles. The van der Waals surface area contributed by atoms with Gasteiger partial charge in [0, 0.05) is 13.2 Å². The van der Waals surface area contributed by atoms with Crippen LogP contribution in [0.15, 0.2) is 36.7 Å². The van der Waals surface area contributed by atoms with Gasteiger partial charge in [-0.05, 0) is 24.6 Å². The molecule has 1 aromatic heterocycles. The lowest BCUT2D eigenvalue weighted by Gasteiger charge is -2.07. The van der Waals surface area contributed by atoms with Crippen LogP contribution in [0.25, 0.3) is 0 Å². The number of carbonyl (C=O) groups excluding carboxylic acids is 1. The number of aryl methyl sites for hydroxylation is 2. The molecule has 0 atom stereocenters. The quantitative estimate of drug-likeness (QED) is 0.829. The molecule has 19 heavy (non-hydrogen) atoms. The summed E-state index contributed by atoms with van der Waals surface area (Å²) in [7, 11) is 1.78. The number of benzene rings is 1. The summed E-state index contributed by atoms with van der Waals surface area (Å²) in [6.45, 7) is 2.91. The molecule has 1 N–H and O–H groups in total. The number of rotatable bonds is 5. The first-order chi connectivity index (χ1) is 9.15. The topological polar surface area (TPSA) is 56.1 Å². The van der Waals surface area contributed by atoms with Gasteiger partial charge < -0.3 is 10.1 Å². The van der Waals surface area contributed by atoms with Crippen LogP contribution in [-0.2, 0) is 7.05 Å². The molecule has 0 saturated heterocycles. The van der Waals surface area contributed by atoms with E-state index in [1.165, 1.54) is 6.20 Å². The van der Waals surface area contributed by atoms with Gasteiger partial charge >= 0.3 is 0 Å².